The fourth-order valence-electron chi connectivity index (χ4n) is 9.98. The van der Waals surface area contributed by atoms with Gasteiger partial charge in [0.2, 0.25) is 5.91 Å². The maximum Gasteiger partial charge on any atom is 0.269 e. The van der Waals surface area contributed by atoms with Crippen LogP contribution in [0.2, 0.25) is 0 Å². The van der Waals surface area contributed by atoms with Crippen molar-refractivity contribution < 1.29 is 27.5 Å². The van der Waals surface area contributed by atoms with E-state index in [9.17, 15) is 9.59 Å². The number of ether oxygens (including phenoxy) is 1. The summed E-state index contributed by atoms with van der Waals surface area (Å²) in [6.07, 6.45) is 7.45. The lowest BCUT2D eigenvalue weighted by atomic mass is 9.46. The van der Waals surface area contributed by atoms with E-state index in [0.717, 1.165) is 25.1 Å². The zero-order chi connectivity index (χ0) is 33.2. The van der Waals surface area contributed by atoms with Crippen LogP contribution >= 0.6 is 0 Å². The molecule has 0 spiro atoms. The van der Waals surface area contributed by atoms with E-state index < -0.39 is 28.1 Å². The molecule has 9 nitrogen and oxygen atoms in total. The summed E-state index contributed by atoms with van der Waals surface area (Å²) in [4.78, 5) is 38.6. The Balaban J connectivity index is 1.17. The number of amides is 2. The lowest BCUT2D eigenvalue weighted by Gasteiger charge is -2.63. The molecule has 6 fully saturated rings. The monoisotopic (exact) mass is 656 g/mol. The lowest BCUT2D eigenvalue weighted by molar-refractivity contribution is -0.222. The quantitative estimate of drug-likeness (QED) is 0.439. The minimum Gasteiger partial charge on any atom is -0.363 e. The third-order valence-electron chi connectivity index (χ3n) is 11.3. The number of carbonyl (C=O) groups is 2. The van der Waals surface area contributed by atoms with Gasteiger partial charge in [-0.25, -0.2) is 13.2 Å². The summed E-state index contributed by atoms with van der Waals surface area (Å²) in [5.74, 6) is -0.573. The highest BCUT2D eigenvalue weighted by molar-refractivity contribution is 5.95. The largest absolute Gasteiger partial charge is 0.363 e. The number of halogens is 3. The Morgan fingerprint density at radius 1 is 1.02 bits per heavy atom. The molecule has 3 aliphatic heterocycles. The first-order chi connectivity index (χ1) is 22.3. The van der Waals surface area contributed by atoms with E-state index in [1.807, 2.05) is 45.2 Å². The third-order valence-corrected chi connectivity index (χ3v) is 11.3. The number of alkyl halides is 3. The van der Waals surface area contributed by atoms with E-state index in [4.69, 9.17) is 4.74 Å². The van der Waals surface area contributed by atoms with Crippen LogP contribution in [0.1, 0.15) is 70.8 Å². The minimum atomic E-state index is -1.99. The minimum absolute atomic E-state index is 0.00181. The van der Waals surface area contributed by atoms with Gasteiger partial charge in [0, 0.05) is 82.1 Å². The number of aromatic nitrogens is 1. The first-order valence-corrected chi connectivity index (χ1v) is 17.2. The molecule has 4 saturated carbocycles. The Bertz CT molecular complexity index is 1420. The van der Waals surface area contributed by atoms with Gasteiger partial charge in [0.05, 0.1) is 11.1 Å². The van der Waals surface area contributed by atoms with Crippen LogP contribution in [0.15, 0.2) is 48.1 Å². The van der Waals surface area contributed by atoms with E-state index in [1.165, 1.54) is 0 Å². The van der Waals surface area contributed by atoms with Gasteiger partial charge in [-0.2, -0.15) is 0 Å². The van der Waals surface area contributed by atoms with Crippen LogP contribution in [0.25, 0.3) is 0 Å². The summed E-state index contributed by atoms with van der Waals surface area (Å²) in [5.41, 5.74) is -6.62. The molecule has 256 valence electrons. The fourth-order valence-corrected chi connectivity index (χ4v) is 9.98. The van der Waals surface area contributed by atoms with Crippen LogP contribution in [0, 0.1) is 5.41 Å². The number of dihydropyridines is 1. The van der Waals surface area contributed by atoms with Gasteiger partial charge in [-0.1, -0.05) is 13.0 Å². The highest BCUT2D eigenvalue weighted by Gasteiger charge is 2.72. The second kappa shape index (κ2) is 11.5. The molecule has 4 heterocycles. The molecule has 8 rings (SSSR count). The molecule has 47 heavy (non-hydrogen) atoms. The first kappa shape index (κ1) is 32.4. The SMILES string of the molecule is CCOC1(c2cccnc2)C=CC(N2CCN(C(=O)C34CC5(F)CC(F)(CC(F)(C5)C3)C4)C[C@H]2CC)=C(C(=O)N[C@@H]2CCN(C)C2)N1. The zero-order valence-corrected chi connectivity index (χ0v) is 27.7. The van der Waals surface area contributed by atoms with Crippen molar-refractivity contribution in [3.8, 4) is 0 Å². The van der Waals surface area contributed by atoms with Crippen LogP contribution in [0.4, 0.5) is 13.2 Å². The third kappa shape index (κ3) is 5.72. The van der Waals surface area contributed by atoms with Crippen molar-refractivity contribution in [3.05, 3.63) is 53.6 Å². The van der Waals surface area contributed by atoms with Crippen molar-refractivity contribution in [2.24, 2.45) is 5.41 Å². The van der Waals surface area contributed by atoms with Crippen molar-refractivity contribution in [3.63, 3.8) is 0 Å². The summed E-state index contributed by atoms with van der Waals surface area (Å²) < 4.78 is 53.6. The smallest absolute Gasteiger partial charge is 0.269 e. The number of hydrogen-bond acceptors (Lipinski definition) is 7. The molecular formula is C35H47F3N6O3. The van der Waals surface area contributed by atoms with Crippen LogP contribution in [0.5, 0.6) is 0 Å². The van der Waals surface area contributed by atoms with E-state index in [2.05, 4.69) is 25.4 Å². The maximum atomic E-state index is 15.8. The van der Waals surface area contributed by atoms with Gasteiger partial charge < -0.3 is 30.1 Å². The van der Waals surface area contributed by atoms with E-state index in [1.54, 1.807) is 17.3 Å². The number of nitrogens with one attached hydrogen (secondary N) is 2. The Morgan fingerprint density at radius 3 is 2.30 bits per heavy atom. The summed E-state index contributed by atoms with van der Waals surface area (Å²) >= 11 is 0. The van der Waals surface area contributed by atoms with Gasteiger partial charge in [-0.15, -0.1) is 0 Å². The molecule has 2 N–H and O–H groups in total. The van der Waals surface area contributed by atoms with Crippen LogP contribution < -0.4 is 10.6 Å². The molecule has 1 aromatic rings. The molecule has 2 amide bonds. The summed E-state index contributed by atoms with van der Waals surface area (Å²) in [5, 5.41) is 6.67. The standard InChI is InChI=1S/C35H47F3N6O3/c1-4-26-17-43(30(46)31-18-32(36)21-33(37,19-31)23-34(38,20-31)22-32)13-14-44(26)27-8-10-35(47-5-2,24-7-6-11-39-15-24)41-28(27)29(45)40-25-9-12-42(3)16-25/h6-8,10-11,15,25-26,41H,4-5,9,12-14,16-23H2,1-3H3,(H,40,45)/t25-,26-,31?,32?,33?,34?,35?/m1/s1. The molecule has 3 atom stereocenters. The number of rotatable bonds is 8. The van der Waals surface area contributed by atoms with Gasteiger partial charge in [-0.3, -0.25) is 14.6 Å². The number of hydrogen-bond donors (Lipinski definition) is 2. The number of allylic oxidation sites excluding steroid dienone is 1. The molecule has 7 aliphatic rings. The highest BCUT2D eigenvalue weighted by Crippen LogP contribution is 2.68. The maximum absolute atomic E-state index is 15.8. The number of pyridine rings is 1. The van der Waals surface area contributed by atoms with Gasteiger partial charge in [0.25, 0.3) is 5.91 Å². The number of likely N-dealkylation sites (tertiary alicyclic amines) is 1. The predicted molar refractivity (Wildman–Crippen MR) is 170 cm³/mol. The zero-order valence-electron chi connectivity index (χ0n) is 27.7. The normalized spacial score (nSPS) is 39.8. The number of piperazine rings is 1. The average molecular weight is 657 g/mol. The first-order valence-electron chi connectivity index (χ1n) is 17.2. The van der Waals surface area contributed by atoms with Gasteiger partial charge >= 0.3 is 0 Å². The van der Waals surface area contributed by atoms with Crippen LogP contribution in [-0.4, -0.2) is 107 Å². The van der Waals surface area contributed by atoms with Crippen molar-refractivity contribution in [1.82, 2.24) is 30.3 Å². The van der Waals surface area contributed by atoms with E-state index in [0.29, 0.717) is 44.1 Å². The summed E-state index contributed by atoms with van der Waals surface area (Å²) in [7, 11) is 2.03. The van der Waals surface area contributed by atoms with E-state index in [-0.39, 0.29) is 62.4 Å². The molecular weight excluding hydrogens is 609 g/mol. The Hall–Kier alpha value is -3.12. The number of carbonyl (C=O) groups excluding carboxylic acids is 2. The lowest BCUT2D eigenvalue weighted by Crippen LogP contribution is -2.69. The molecule has 2 saturated heterocycles. The summed E-state index contributed by atoms with van der Waals surface area (Å²) in [6.45, 7) is 6.97. The fraction of sp³-hybridized carbons (Fsp3) is 0.686. The highest BCUT2D eigenvalue weighted by atomic mass is 19.2. The molecule has 0 radical (unpaired) electrons. The van der Waals surface area contributed by atoms with Crippen LogP contribution in [0.3, 0.4) is 0 Å². The van der Waals surface area contributed by atoms with Crippen molar-refractivity contribution in [2.75, 3.05) is 46.4 Å². The number of nitrogens with zero attached hydrogens (tertiary/aromatic N) is 4. The second-order valence-corrected chi connectivity index (χ2v) is 15.2. The Kier molecular flexibility index (Phi) is 7.93. The van der Waals surface area contributed by atoms with Crippen molar-refractivity contribution in [2.45, 2.75) is 100 Å². The average Bonchev–Trinajstić information content (AvgIpc) is 3.42. The molecule has 4 bridgehead atoms. The predicted octanol–water partition coefficient (Wildman–Crippen LogP) is 3.88. The Labute approximate surface area is 274 Å². The topological polar surface area (TPSA) is 90.0 Å². The molecule has 4 aliphatic carbocycles. The molecule has 1 unspecified atom stereocenters. The van der Waals surface area contributed by atoms with Gasteiger partial charge in [0.1, 0.15) is 22.7 Å². The van der Waals surface area contributed by atoms with Crippen LogP contribution in [-0.2, 0) is 20.1 Å². The molecule has 0 aromatic carbocycles. The van der Waals surface area contributed by atoms with Gasteiger partial charge in [-0.05, 0) is 70.8 Å². The molecule has 12 heteroatoms. The summed E-state index contributed by atoms with van der Waals surface area (Å²) in [6, 6.07) is 3.55. The number of likely N-dealkylation sites (N-methyl/N-ethyl adjacent to an activating group) is 1. The second-order valence-electron chi connectivity index (χ2n) is 15.2. The Morgan fingerprint density at radius 2 is 1.72 bits per heavy atom. The molecule has 1 aromatic heterocycles. The van der Waals surface area contributed by atoms with Crippen molar-refractivity contribution in [1.29, 1.82) is 0 Å². The van der Waals surface area contributed by atoms with Gasteiger partial charge in [0.15, 0.2) is 5.72 Å². The van der Waals surface area contributed by atoms with E-state index >= 15 is 13.2 Å². The van der Waals surface area contributed by atoms with Crippen molar-refractivity contribution >= 4 is 11.8 Å².